The van der Waals surface area contributed by atoms with Gasteiger partial charge in [0.2, 0.25) is 0 Å². The molecule has 0 amide bonds. The summed E-state index contributed by atoms with van der Waals surface area (Å²) in [5.41, 5.74) is 3.71. The first kappa shape index (κ1) is 22.0. The Bertz CT molecular complexity index is 1090. The fraction of sp³-hybridized carbons (Fsp3) is 0.889. The minimum absolute atomic E-state index is 0.197. The highest BCUT2D eigenvalue weighted by molar-refractivity contribution is 5.30. The van der Waals surface area contributed by atoms with Crippen LogP contribution in [0.5, 0.6) is 0 Å². The van der Waals surface area contributed by atoms with Crippen LogP contribution in [0.4, 0.5) is 0 Å². The molecule has 0 nitrogen and oxygen atoms in total. The van der Waals surface area contributed by atoms with Crippen molar-refractivity contribution in [3.8, 4) is 24.7 Å². The highest BCUT2D eigenvalue weighted by Crippen LogP contribution is 2.85. The van der Waals surface area contributed by atoms with Gasteiger partial charge in [0.25, 0.3) is 0 Å². The summed E-state index contributed by atoms with van der Waals surface area (Å²) in [6.07, 6.45) is 39.4. The lowest BCUT2D eigenvalue weighted by atomic mass is 9.25. The molecule has 0 heteroatoms. The summed E-state index contributed by atoms with van der Waals surface area (Å²) in [5.74, 6) is 10.9. The number of terminal acetylenes is 2. The third-order valence-corrected chi connectivity index (χ3v) is 15.6. The lowest BCUT2D eigenvalue weighted by molar-refractivity contribution is -0.292. The van der Waals surface area contributed by atoms with E-state index in [0.717, 1.165) is 23.7 Å². The lowest BCUT2D eigenvalue weighted by Crippen LogP contribution is -2.70. The van der Waals surface area contributed by atoms with Gasteiger partial charge in [-0.2, -0.15) is 0 Å². The van der Waals surface area contributed by atoms with Gasteiger partial charge in [-0.1, -0.05) is 25.7 Å². The molecule has 0 aromatic rings. The SMILES string of the molecule is C#CC12CC3CC(C1)CC(C14CC5CC(C1)CC(C16CC7(C)CC(C)(CC(C#C)(C7)C1)C6)(C5)C4)(C3)C2. The fourth-order valence-corrected chi connectivity index (χ4v) is 17.0. The molecule has 0 N–H and O–H groups in total. The Labute approximate surface area is 220 Å². The van der Waals surface area contributed by atoms with Crippen LogP contribution in [0.2, 0.25) is 0 Å². The van der Waals surface area contributed by atoms with Gasteiger partial charge < -0.3 is 0 Å². The molecule has 6 atom stereocenters. The Hall–Kier alpha value is -0.880. The normalized spacial score (nSPS) is 67.1. The van der Waals surface area contributed by atoms with Crippen molar-refractivity contribution in [3.05, 3.63) is 0 Å². The number of hydrogen-bond acceptors (Lipinski definition) is 0. The topological polar surface area (TPSA) is 0 Å². The van der Waals surface area contributed by atoms with Crippen molar-refractivity contribution >= 4 is 0 Å². The summed E-state index contributed by atoms with van der Waals surface area (Å²) >= 11 is 0. The Morgan fingerprint density at radius 3 is 1.36 bits per heavy atom. The van der Waals surface area contributed by atoms with Crippen LogP contribution in [0.3, 0.4) is 0 Å². The maximum absolute atomic E-state index is 6.49. The van der Waals surface area contributed by atoms with Gasteiger partial charge in [-0.05, 0) is 172 Å². The predicted octanol–water partition coefficient (Wildman–Crippen LogP) is 8.79. The van der Waals surface area contributed by atoms with Crippen molar-refractivity contribution < 1.29 is 0 Å². The molecule has 0 heterocycles. The van der Waals surface area contributed by atoms with Gasteiger partial charge in [0.05, 0.1) is 0 Å². The zero-order valence-electron chi connectivity index (χ0n) is 23.2. The molecule has 0 aromatic heterocycles. The van der Waals surface area contributed by atoms with E-state index in [1.54, 1.807) is 51.4 Å². The molecule has 12 bridgehead atoms. The quantitative estimate of drug-likeness (QED) is 0.346. The lowest BCUT2D eigenvalue weighted by Gasteiger charge is -2.79. The average molecular weight is 481 g/mol. The first-order valence-electron chi connectivity index (χ1n) is 16.0. The molecule has 6 unspecified atom stereocenters. The Morgan fingerprint density at radius 2 is 0.861 bits per heavy atom. The maximum atomic E-state index is 6.49. The van der Waals surface area contributed by atoms with E-state index in [9.17, 15) is 0 Å². The van der Waals surface area contributed by atoms with Crippen molar-refractivity contribution in [2.24, 2.45) is 67.0 Å². The van der Waals surface area contributed by atoms with Crippen molar-refractivity contribution in [1.29, 1.82) is 0 Å². The zero-order valence-corrected chi connectivity index (χ0v) is 23.2. The van der Waals surface area contributed by atoms with Gasteiger partial charge in [0.15, 0.2) is 0 Å². The first-order chi connectivity index (χ1) is 17.0. The van der Waals surface area contributed by atoms with Gasteiger partial charge in [0.1, 0.15) is 0 Å². The molecule has 0 spiro atoms. The van der Waals surface area contributed by atoms with Crippen LogP contribution >= 0.6 is 0 Å². The summed E-state index contributed by atoms with van der Waals surface area (Å²) in [6, 6.07) is 0. The molecule has 12 aliphatic carbocycles. The minimum Gasteiger partial charge on any atom is -0.120 e. The largest absolute Gasteiger partial charge is 0.120 e. The van der Waals surface area contributed by atoms with E-state index >= 15 is 0 Å². The van der Waals surface area contributed by atoms with E-state index in [1.165, 1.54) is 64.2 Å². The van der Waals surface area contributed by atoms with E-state index in [1.807, 2.05) is 0 Å². The van der Waals surface area contributed by atoms with Crippen LogP contribution in [-0.2, 0) is 0 Å². The fourth-order valence-electron chi connectivity index (χ4n) is 17.0. The molecule has 192 valence electrons. The highest BCUT2D eigenvalue weighted by Gasteiger charge is 2.76. The van der Waals surface area contributed by atoms with Crippen molar-refractivity contribution in [2.45, 2.75) is 129 Å². The third kappa shape index (κ3) is 2.41. The number of hydrogen-bond donors (Lipinski definition) is 0. The molecule has 0 aromatic carbocycles. The number of rotatable bonds is 2. The smallest absolute Gasteiger partial charge is 0.0328 e. The van der Waals surface area contributed by atoms with Crippen LogP contribution in [0.15, 0.2) is 0 Å². The summed E-state index contributed by atoms with van der Waals surface area (Å²) < 4.78 is 0. The summed E-state index contributed by atoms with van der Waals surface area (Å²) in [7, 11) is 0. The van der Waals surface area contributed by atoms with E-state index in [0.29, 0.717) is 32.5 Å². The van der Waals surface area contributed by atoms with Crippen molar-refractivity contribution in [1.82, 2.24) is 0 Å². The molecule has 0 saturated heterocycles. The zero-order chi connectivity index (χ0) is 24.5. The molecule has 12 fully saturated rings. The van der Waals surface area contributed by atoms with E-state index in [4.69, 9.17) is 12.8 Å². The van der Waals surface area contributed by atoms with Gasteiger partial charge in [-0.3, -0.25) is 0 Å². The second-order valence-corrected chi connectivity index (χ2v) is 18.6. The van der Waals surface area contributed by atoms with Crippen molar-refractivity contribution in [2.75, 3.05) is 0 Å². The van der Waals surface area contributed by atoms with Crippen LogP contribution in [0, 0.1) is 91.7 Å². The molecule has 36 heavy (non-hydrogen) atoms. The van der Waals surface area contributed by atoms with Crippen LogP contribution in [0.25, 0.3) is 0 Å². The Kier molecular flexibility index (Phi) is 3.65. The molecule has 0 radical (unpaired) electrons. The highest BCUT2D eigenvalue weighted by atomic mass is 14.8. The van der Waals surface area contributed by atoms with Crippen LogP contribution in [-0.4, -0.2) is 0 Å². The van der Waals surface area contributed by atoms with Crippen LogP contribution in [0.1, 0.15) is 129 Å². The van der Waals surface area contributed by atoms with Gasteiger partial charge >= 0.3 is 0 Å². The van der Waals surface area contributed by atoms with E-state index < -0.39 is 0 Å². The van der Waals surface area contributed by atoms with Gasteiger partial charge in [-0.25, -0.2) is 0 Å². The second kappa shape index (κ2) is 5.98. The molecular weight excluding hydrogens is 432 g/mol. The van der Waals surface area contributed by atoms with E-state index in [2.05, 4.69) is 25.7 Å². The minimum atomic E-state index is 0.197. The van der Waals surface area contributed by atoms with E-state index in [-0.39, 0.29) is 10.8 Å². The summed E-state index contributed by atoms with van der Waals surface area (Å²) in [4.78, 5) is 0. The monoisotopic (exact) mass is 480 g/mol. The maximum Gasteiger partial charge on any atom is 0.0328 e. The molecule has 12 saturated carbocycles. The van der Waals surface area contributed by atoms with Gasteiger partial charge in [0, 0.05) is 10.8 Å². The third-order valence-electron chi connectivity index (χ3n) is 15.6. The first-order valence-corrected chi connectivity index (χ1v) is 16.0. The Balaban J connectivity index is 1.18. The standard InChI is InChI=1S/C36H48/c1-5-31-9-25-7-26(10-31)12-33(11-25,22-31)34-13-27-8-28(14-34)16-35(15-27,24-34)36-20-29(3)17-30(4,21-36)19-32(6-2,18-29)23-36/h1-2,25-28H,7-24H2,3-4H3. The van der Waals surface area contributed by atoms with Crippen LogP contribution < -0.4 is 0 Å². The molecule has 12 aliphatic rings. The molecular formula is C36H48. The summed E-state index contributed by atoms with van der Waals surface area (Å²) in [6.45, 7) is 5.32. The summed E-state index contributed by atoms with van der Waals surface area (Å²) in [5, 5.41) is 0. The Morgan fingerprint density at radius 1 is 0.444 bits per heavy atom. The average Bonchev–Trinajstić information content (AvgIpc) is 2.75. The predicted molar refractivity (Wildman–Crippen MR) is 146 cm³/mol. The van der Waals surface area contributed by atoms with Gasteiger partial charge in [-0.15, -0.1) is 12.8 Å². The molecule has 0 aliphatic heterocycles. The second-order valence-electron chi connectivity index (χ2n) is 18.6. The van der Waals surface area contributed by atoms with Crippen molar-refractivity contribution in [3.63, 3.8) is 0 Å². The molecule has 12 rings (SSSR count).